The van der Waals surface area contributed by atoms with E-state index in [1.165, 1.54) is 0 Å². The van der Waals surface area contributed by atoms with Gasteiger partial charge in [-0.15, -0.1) is 0 Å². The third-order valence-electron chi connectivity index (χ3n) is 3.87. The lowest BCUT2D eigenvalue weighted by Crippen LogP contribution is -2.23. The fourth-order valence-electron chi connectivity index (χ4n) is 2.89. The third kappa shape index (κ3) is 2.63. The Morgan fingerprint density at radius 1 is 1.55 bits per heavy atom. The zero-order chi connectivity index (χ0) is 14.9. The van der Waals surface area contributed by atoms with Gasteiger partial charge in [-0.05, 0) is 18.8 Å². The zero-order valence-electron chi connectivity index (χ0n) is 12.2. The second-order valence-corrected chi connectivity index (χ2v) is 5.71. The first-order valence-corrected chi connectivity index (χ1v) is 7.02. The van der Waals surface area contributed by atoms with Crippen LogP contribution in [0.2, 0.25) is 0 Å². The van der Waals surface area contributed by atoms with E-state index in [1.54, 1.807) is 11.7 Å². The predicted molar refractivity (Wildman–Crippen MR) is 76.0 cm³/mol. The van der Waals surface area contributed by atoms with Crippen LogP contribution in [0, 0.1) is 16.0 Å². The summed E-state index contributed by atoms with van der Waals surface area (Å²) in [4.78, 5) is 13.1. The quantitative estimate of drug-likeness (QED) is 0.656. The van der Waals surface area contributed by atoms with Gasteiger partial charge in [-0.3, -0.25) is 10.1 Å². The summed E-state index contributed by atoms with van der Waals surface area (Å²) in [6.07, 6.45) is 1.71. The first-order chi connectivity index (χ1) is 9.45. The molecule has 7 nitrogen and oxygen atoms in total. The highest BCUT2D eigenvalue weighted by atomic mass is 16.6. The Labute approximate surface area is 118 Å². The largest absolute Gasteiger partial charge is 0.396 e. The highest BCUT2D eigenvalue weighted by molar-refractivity contribution is 5.62. The monoisotopic (exact) mass is 282 g/mol. The van der Waals surface area contributed by atoms with Gasteiger partial charge in [0.05, 0.1) is 4.92 Å². The van der Waals surface area contributed by atoms with Gasteiger partial charge in [-0.1, -0.05) is 13.8 Å². The molecule has 7 heteroatoms. The minimum Gasteiger partial charge on any atom is -0.396 e. The first-order valence-electron chi connectivity index (χ1n) is 7.02. The standard InChI is InChI=1S/C13H22N4O3/c1-9(2)11-12(17(19)20)13(15(3)14-11)16-6-4-10(8-16)5-7-18/h9-10,18H,4-8H2,1-3H3. The van der Waals surface area contributed by atoms with Crippen LogP contribution < -0.4 is 4.90 Å². The normalized spacial score (nSPS) is 19.1. The van der Waals surface area contributed by atoms with E-state index in [0.717, 1.165) is 25.9 Å². The van der Waals surface area contributed by atoms with Gasteiger partial charge >= 0.3 is 5.69 Å². The minimum atomic E-state index is -0.322. The summed E-state index contributed by atoms with van der Waals surface area (Å²) in [5.74, 6) is 1.02. The number of nitrogens with zero attached hydrogens (tertiary/aromatic N) is 4. The Hall–Kier alpha value is -1.63. The van der Waals surface area contributed by atoms with Crippen molar-refractivity contribution in [3.63, 3.8) is 0 Å². The smallest absolute Gasteiger partial charge is 0.334 e. The first kappa shape index (κ1) is 14.8. The second kappa shape index (κ2) is 5.78. The molecule has 2 rings (SSSR count). The lowest BCUT2D eigenvalue weighted by molar-refractivity contribution is -0.385. The van der Waals surface area contributed by atoms with Gasteiger partial charge in [0.2, 0.25) is 5.82 Å². The number of aliphatic hydroxyl groups is 1. The van der Waals surface area contributed by atoms with Crippen LogP contribution in [0.1, 0.15) is 38.3 Å². The Balaban J connectivity index is 2.34. The number of hydrogen-bond acceptors (Lipinski definition) is 5. The molecule has 0 aromatic carbocycles. The van der Waals surface area contributed by atoms with Crippen LogP contribution in [-0.2, 0) is 7.05 Å². The van der Waals surface area contributed by atoms with E-state index in [9.17, 15) is 10.1 Å². The van der Waals surface area contributed by atoms with Gasteiger partial charge in [-0.2, -0.15) is 5.10 Å². The maximum Gasteiger partial charge on any atom is 0.334 e. The molecule has 0 aliphatic carbocycles. The zero-order valence-corrected chi connectivity index (χ0v) is 12.2. The van der Waals surface area contributed by atoms with Crippen molar-refractivity contribution in [2.75, 3.05) is 24.6 Å². The molecule has 1 aromatic heterocycles. The van der Waals surface area contributed by atoms with Gasteiger partial charge in [-0.25, -0.2) is 4.68 Å². The van der Waals surface area contributed by atoms with E-state index in [-0.39, 0.29) is 23.1 Å². The van der Waals surface area contributed by atoms with E-state index in [2.05, 4.69) is 5.10 Å². The van der Waals surface area contributed by atoms with Gasteiger partial charge in [0.25, 0.3) is 0 Å². The molecule has 0 bridgehead atoms. The van der Waals surface area contributed by atoms with Crippen molar-refractivity contribution in [1.82, 2.24) is 9.78 Å². The number of aryl methyl sites for hydroxylation is 1. The summed E-state index contributed by atoms with van der Waals surface area (Å²) in [7, 11) is 1.76. The number of nitro groups is 1. The van der Waals surface area contributed by atoms with Gasteiger partial charge < -0.3 is 10.0 Å². The molecule has 0 radical (unpaired) electrons. The van der Waals surface area contributed by atoms with E-state index in [0.29, 0.717) is 17.4 Å². The van der Waals surface area contributed by atoms with Crippen molar-refractivity contribution in [1.29, 1.82) is 0 Å². The molecule has 20 heavy (non-hydrogen) atoms. The number of anilines is 1. The lowest BCUT2D eigenvalue weighted by atomic mass is 10.1. The molecule has 1 unspecified atom stereocenters. The van der Waals surface area contributed by atoms with Crippen molar-refractivity contribution in [2.24, 2.45) is 13.0 Å². The van der Waals surface area contributed by atoms with Crippen molar-refractivity contribution in [2.45, 2.75) is 32.6 Å². The SMILES string of the molecule is CC(C)c1nn(C)c(N2CCC(CCO)C2)c1[N+](=O)[O-]. The second-order valence-electron chi connectivity index (χ2n) is 5.71. The molecule has 0 spiro atoms. The highest BCUT2D eigenvalue weighted by Crippen LogP contribution is 2.37. The Morgan fingerprint density at radius 3 is 2.80 bits per heavy atom. The van der Waals surface area contributed by atoms with Crippen molar-refractivity contribution in [3.8, 4) is 0 Å². The van der Waals surface area contributed by atoms with Crippen LogP contribution in [0.5, 0.6) is 0 Å². The highest BCUT2D eigenvalue weighted by Gasteiger charge is 2.34. The average Bonchev–Trinajstić information content (AvgIpc) is 2.93. The lowest BCUT2D eigenvalue weighted by Gasteiger charge is -2.17. The fraction of sp³-hybridized carbons (Fsp3) is 0.769. The van der Waals surface area contributed by atoms with Crippen LogP contribution >= 0.6 is 0 Å². The van der Waals surface area contributed by atoms with Crippen molar-refractivity contribution < 1.29 is 10.0 Å². The van der Waals surface area contributed by atoms with Crippen LogP contribution in [-0.4, -0.2) is 39.5 Å². The molecule has 1 aliphatic rings. The van der Waals surface area contributed by atoms with E-state index in [1.807, 2.05) is 18.7 Å². The number of rotatable bonds is 5. The van der Waals surface area contributed by atoms with Gasteiger partial charge in [0.1, 0.15) is 5.69 Å². The van der Waals surface area contributed by atoms with E-state index >= 15 is 0 Å². The molecule has 1 aromatic rings. The maximum atomic E-state index is 11.4. The molecule has 1 atom stereocenters. The molecular weight excluding hydrogens is 260 g/mol. The van der Waals surface area contributed by atoms with Crippen molar-refractivity contribution >= 4 is 11.5 Å². The number of aliphatic hydroxyl groups excluding tert-OH is 1. The molecule has 0 saturated carbocycles. The molecule has 2 heterocycles. The van der Waals surface area contributed by atoms with Gasteiger partial charge in [0, 0.05) is 32.7 Å². The van der Waals surface area contributed by atoms with Crippen LogP contribution in [0.4, 0.5) is 11.5 Å². The summed E-state index contributed by atoms with van der Waals surface area (Å²) >= 11 is 0. The molecule has 1 N–H and O–H groups in total. The molecule has 0 amide bonds. The van der Waals surface area contributed by atoms with Crippen LogP contribution in [0.15, 0.2) is 0 Å². The van der Waals surface area contributed by atoms with Crippen molar-refractivity contribution in [3.05, 3.63) is 15.8 Å². The van der Waals surface area contributed by atoms with Gasteiger partial charge in [0.15, 0.2) is 0 Å². The molecular formula is C13H22N4O3. The molecule has 112 valence electrons. The number of hydrogen-bond donors (Lipinski definition) is 1. The summed E-state index contributed by atoms with van der Waals surface area (Å²) < 4.78 is 1.62. The summed E-state index contributed by atoms with van der Waals surface area (Å²) in [5, 5.41) is 24.8. The Bertz CT molecular complexity index is 498. The van der Waals surface area contributed by atoms with Crippen LogP contribution in [0.3, 0.4) is 0 Å². The molecule has 1 fully saturated rings. The summed E-state index contributed by atoms with van der Waals surface area (Å²) in [5.41, 5.74) is 0.672. The maximum absolute atomic E-state index is 11.4. The molecule has 1 saturated heterocycles. The molecule has 1 aliphatic heterocycles. The van der Waals surface area contributed by atoms with E-state index < -0.39 is 0 Å². The Kier molecular flexibility index (Phi) is 4.27. The Morgan fingerprint density at radius 2 is 2.25 bits per heavy atom. The van der Waals surface area contributed by atoms with Crippen LogP contribution in [0.25, 0.3) is 0 Å². The van der Waals surface area contributed by atoms with E-state index in [4.69, 9.17) is 5.11 Å². The third-order valence-corrected chi connectivity index (χ3v) is 3.87. The predicted octanol–water partition coefficient (Wildman–Crippen LogP) is 1.66. The topological polar surface area (TPSA) is 84.4 Å². The summed E-state index contributed by atoms with van der Waals surface area (Å²) in [6.45, 7) is 5.53. The summed E-state index contributed by atoms with van der Waals surface area (Å²) in [6, 6.07) is 0. The minimum absolute atomic E-state index is 0.0196. The fourth-order valence-corrected chi connectivity index (χ4v) is 2.89. The number of aromatic nitrogens is 2. The average molecular weight is 282 g/mol.